The van der Waals surface area contributed by atoms with Gasteiger partial charge < -0.3 is 9.64 Å². The Morgan fingerprint density at radius 1 is 1.12 bits per heavy atom. The predicted octanol–water partition coefficient (Wildman–Crippen LogP) is 3.44. The number of anilines is 1. The van der Waals surface area contributed by atoms with Gasteiger partial charge in [-0.2, -0.15) is 0 Å². The maximum absolute atomic E-state index is 12.4. The Bertz CT molecular complexity index is 762. The first-order chi connectivity index (χ1) is 11.7. The van der Waals surface area contributed by atoms with E-state index in [1.807, 2.05) is 30.3 Å². The zero-order chi connectivity index (χ0) is 16.5. The molecule has 5 heteroatoms. The molecule has 0 radical (unpaired) electrons. The Labute approximate surface area is 144 Å². The zero-order valence-corrected chi connectivity index (χ0v) is 13.9. The highest BCUT2D eigenvalue weighted by Crippen LogP contribution is 2.37. The number of hydrogen-bond acceptors (Lipinski definition) is 4. The Morgan fingerprint density at radius 3 is 2.62 bits per heavy atom. The van der Waals surface area contributed by atoms with Gasteiger partial charge in [-0.1, -0.05) is 18.2 Å². The lowest BCUT2D eigenvalue weighted by molar-refractivity contribution is -0.133. The van der Waals surface area contributed by atoms with Crippen LogP contribution in [0.15, 0.2) is 53.4 Å². The number of esters is 1. The maximum Gasteiger partial charge on any atom is 0.325 e. The van der Waals surface area contributed by atoms with Crippen LogP contribution in [0, 0.1) is 0 Å². The molecular weight excluding hydrogens is 322 g/mol. The van der Waals surface area contributed by atoms with Crippen LogP contribution in [0.2, 0.25) is 0 Å². The molecule has 2 aromatic rings. The molecule has 1 amide bonds. The van der Waals surface area contributed by atoms with E-state index < -0.39 is 0 Å². The largest absolute Gasteiger partial charge is 0.426 e. The molecule has 122 valence electrons. The summed E-state index contributed by atoms with van der Waals surface area (Å²) in [7, 11) is 0. The number of fused-ring (bicyclic) bond motifs is 1. The number of nitrogens with zero attached hydrogens (tertiary/aromatic N) is 1. The van der Waals surface area contributed by atoms with E-state index in [0.717, 1.165) is 23.5 Å². The van der Waals surface area contributed by atoms with Gasteiger partial charge in [0.15, 0.2) is 0 Å². The number of carbonyl (C=O) groups excluding carboxylic acids is 2. The standard InChI is InChI=1S/C19H17NO3S/c21-18-6-3-11-20(18)14-7-9-15(10-8-14)23-19(22)17-12-13-4-1-2-5-16(13)24-17/h1-2,4-5,7-10,17H,3,6,11-12H2. The highest BCUT2D eigenvalue weighted by atomic mass is 32.2. The number of ether oxygens (including phenoxy) is 1. The third kappa shape index (κ3) is 2.91. The normalized spacial score (nSPS) is 19.4. The van der Waals surface area contributed by atoms with E-state index in [9.17, 15) is 9.59 Å². The number of hydrogen-bond donors (Lipinski definition) is 0. The lowest BCUT2D eigenvalue weighted by atomic mass is 10.1. The van der Waals surface area contributed by atoms with Crippen molar-refractivity contribution in [1.82, 2.24) is 0 Å². The van der Waals surface area contributed by atoms with Crippen LogP contribution in [-0.2, 0) is 16.0 Å². The molecular formula is C19H17NO3S. The van der Waals surface area contributed by atoms with Gasteiger partial charge in [0, 0.05) is 23.5 Å². The Kier molecular flexibility index (Phi) is 4.02. The van der Waals surface area contributed by atoms with Crippen molar-refractivity contribution in [2.24, 2.45) is 0 Å². The van der Waals surface area contributed by atoms with Crippen LogP contribution in [0.4, 0.5) is 5.69 Å². The molecule has 2 aliphatic heterocycles. The minimum atomic E-state index is -0.221. The summed E-state index contributed by atoms with van der Waals surface area (Å²) in [5, 5.41) is -0.192. The molecule has 0 N–H and O–H groups in total. The molecule has 0 aromatic heterocycles. The highest BCUT2D eigenvalue weighted by molar-refractivity contribution is 8.01. The summed E-state index contributed by atoms with van der Waals surface area (Å²) in [6.45, 7) is 0.759. The average molecular weight is 339 g/mol. The fourth-order valence-corrected chi connectivity index (χ4v) is 4.28. The molecule has 4 rings (SSSR count). The van der Waals surface area contributed by atoms with Gasteiger partial charge >= 0.3 is 5.97 Å². The fourth-order valence-electron chi connectivity index (χ4n) is 3.11. The molecule has 1 fully saturated rings. The van der Waals surface area contributed by atoms with Crippen molar-refractivity contribution in [2.45, 2.75) is 29.4 Å². The van der Waals surface area contributed by atoms with E-state index >= 15 is 0 Å². The van der Waals surface area contributed by atoms with Gasteiger partial charge in [0.05, 0.1) is 0 Å². The molecule has 0 saturated carbocycles. The molecule has 1 atom stereocenters. The van der Waals surface area contributed by atoms with Crippen LogP contribution >= 0.6 is 11.8 Å². The van der Waals surface area contributed by atoms with E-state index in [1.165, 1.54) is 5.56 Å². The highest BCUT2D eigenvalue weighted by Gasteiger charge is 2.29. The second-order valence-corrected chi connectivity index (χ2v) is 7.23. The summed E-state index contributed by atoms with van der Waals surface area (Å²) < 4.78 is 5.51. The fraction of sp³-hybridized carbons (Fsp3) is 0.263. The van der Waals surface area contributed by atoms with E-state index in [2.05, 4.69) is 6.07 Å². The van der Waals surface area contributed by atoms with E-state index in [4.69, 9.17) is 4.74 Å². The third-order valence-electron chi connectivity index (χ3n) is 4.35. The molecule has 2 heterocycles. The van der Waals surface area contributed by atoms with Crippen molar-refractivity contribution in [3.05, 3.63) is 54.1 Å². The minimum Gasteiger partial charge on any atom is -0.426 e. The summed E-state index contributed by atoms with van der Waals surface area (Å²) in [5.41, 5.74) is 2.06. The number of rotatable bonds is 3. The van der Waals surface area contributed by atoms with Gasteiger partial charge in [-0.25, -0.2) is 0 Å². The van der Waals surface area contributed by atoms with Crippen LogP contribution in [0.1, 0.15) is 18.4 Å². The zero-order valence-electron chi connectivity index (χ0n) is 13.1. The molecule has 1 unspecified atom stereocenters. The van der Waals surface area contributed by atoms with Gasteiger partial charge in [0.2, 0.25) is 5.91 Å². The smallest absolute Gasteiger partial charge is 0.325 e. The van der Waals surface area contributed by atoms with Gasteiger partial charge in [-0.3, -0.25) is 9.59 Å². The first kappa shape index (κ1) is 15.3. The Hall–Kier alpha value is -2.27. The topological polar surface area (TPSA) is 46.6 Å². The van der Waals surface area contributed by atoms with Crippen molar-refractivity contribution in [1.29, 1.82) is 0 Å². The summed E-state index contributed by atoms with van der Waals surface area (Å²) in [6, 6.07) is 15.2. The maximum atomic E-state index is 12.4. The molecule has 24 heavy (non-hydrogen) atoms. The second kappa shape index (κ2) is 6.32. The Balaban J connectivity index is 1.41. The van der Waals surface area contributed by atoms with Crippen LogP contribution in [0.25, 0.3) is 0 Å². The number of thioether (sulfide) groups is 1. The first-order valence-corrected chi connectivity index (χ1v) is 8.95. The quantitative estimate of drug-likeness (QED) is 0.635. The van der Waals surface area contributed by atoms with E-state index in [1.54, 1.807) is 28.8 Å². The summed E-state index contributed by atoms with van der Waals surface area (Å²) in [6.07, 6.45) is 2.21. The van der Waals surface area contributed by atoms with Crippen molar-refractivity contribution in [3.63, 3.8) is 0 Å². The van der Waals surface area contributed by atoms with Crippen LogP contribution in [0.3, 0.4) is 0 Å². The lowest BCUT2D eigenvalue weighted by Gasteiger charge is -2.16. The third-order valence-corrected chi connectivity index (χ3v) is 5.65. The first-order valence-electron chi connectivity index (χ1n) is 8.07. The molecule has 1 saturated heterocycles. The Morgan fingerprint density at radius 2 is 1.92 bits per heavy atom. The van der Waals surface area contributed by atoms with Crippen molar-refractivity contribution >= 4 is 29.3 Å². The van der Waals surface area contributed by atoms with Crippen molar-refractivity contribution in [3.8, 4) is 5.75 Å². The number of carbonyl (C=O) groups is 2. The lowest BCUT2D eigenvalue weighted by Crippen LogP contribution is -2.24. The van der Waals surface area contributed by atoms with Crippen LogP contribution < -0.4 is 9.64 Å². The van der Waals surface area contributed by atoms with E-state index in [0.29, 0.717) is 18.6 Å². The van der Waals surface area contributed by atoms with Gasteiger partial charge in [-0.05, 0) is 48.7 Å². The van der Waals surface area contributed by atoms with Gasteiger partial charge in [0.1, 0.15) is 11.0 Å². The van der Waals surface area contributed by atoms with Gasteiger partial charge in [0.25, 0.3) is 0 Å². The molecule has 4 nitrogen and oxygen atoms in total. The number of benzene rings is 2. The molecule has 0 spiro atoms. The van der Waals surface area contributed by atoms with Crippen LogP contribution in [0.5, 0.6) is 5.75 Å². The minimum absolute atomic E-state index is 0.153. The van der Waals surface area contributed by atoms with Gasteiger partial charge in [-0.15, -0.1) is 11.8 Å². The summed E-state index contributed by atoms with van der Waals surface area (Å²) >= 11 is 1.56. The molecule has 0 bridgehead atoms. The van der Waals surface area contributed by atoms with E-state index in [-0.39, 0.29) is 17.1 Å². The molecule has 2 aliphatic rings. The monoisotopic (exact) mass is 339 g/mol. The second-order valence-electron chi connectivity index (χ2n) is 5.98. The van der Waals surface area contributed by atoms with Crippen LogP contribution in [-0.4, -0.2) is 23.7 Å². The number of amides is 1. The summed E-state index contributed by atoms with van der Waals surface area (Å²) in [4.78, 5) is 27.1. The molecule has 0 aliphatic carbocycles. The summed E-state index contributed by atoms with van der Waals surface area (Å²) in [5.74, 6) is 0.452. The molecule has 2 aromatic carbocycles. The average Bonchev–Trinajstić information content (AvgIpc) is 3.21. The van der Waals surface area contributed by atoms with Crippen molar-refractivity contribution in [2.75, 3.05) is 11.4 Å². The predicted molar refractivity (Wildman–Crippen MR) is 93.5 cm³/mol. The SMILES string of the molecule is O=C(Oc1ccc(N2CCCC2=O)cc1)C1Cc2ccccc2S1. The van der Waals surface area contributed by atoms with Crippen molar-refractivity contribution < 1.29 is 14.3 Å².